The van der Waals surface area contributed by atoms with E-state index in [4.69, 9.17) is 16.3 Å². The smallest absolute Gasteiger partial charge is 0.0587 e. The maximum Gasteiger partial charge on any atom is 0.0587 e. The first-order valence-corrected chi connectivity index (χ1v) is 6.62. The van der Waals surface area contributed by atoms with Crippen molar-refractivity contribution in [1.82, 2.24) is 5.32 Å². The summed E-state index contributed by atoms with van der Waals surface area (Å²) < 4.78 is 5.89. The Kier molecular flexibility index (Phi) is 6.82. The topological polar surface area (TPSA) is 21.3 Å². The molecular weight excluding hydrogens is 302 g/mol. The fourth-order valence-electron chi connectivity index (χ4n) is 1.40. The van der Waals surface area contributed by atoms with Crippen LogP contribution in [0, 0.1) is 0 Å². The van der Waals surface area contributed by atoms with Crippen LogP contribution in [0.5, 0.6) is 0 Å². The summed E-state index contributed by atoms with van der Waals surface area (Å²) >= 11 is 9.36. The van der Waals surface area contributed by atoms with E-state index in [-0.39, 0.29) is 0 Å². The molecule has 0 aliphatic heterocycles. The molecular formula is C13H17BrClNO. The van der Waals surface area contributed by atoms with Gasteiger partial charge in [-0.15, -0.1) is 0 Å². The molecule has 0 heterocycles. The molecule has 1 N–H and O–H groups in total. The first-order chi connectivity index (χ1) is 8.13. The fourth-order valence-corrected chi connectivity index (χ4v) is 1.91. The zero-order valence-corrected chi connectivity index (χ0v) is 12.4. The molecule has 2 nitrogen and oxygen atoms in total. The highest BCUT2D eigenvalue weighted by Crippen LogP contribution is 2.24. The van der Waals surface area contributed by atoms with E-state index in [1.807, 2.05) is 18.2 Å². The average Bonchev–Trinajstić information content (AvgIpc) is 2.30. The van der Waals surface area contributed by atoms with Gasteiger partial charge in [0.15, 0.2) is 0 Å². The molecule has 0 radical (unpaired) electrons. The maximum absolute atomic E-state index is 5.94. The highest BCUT2D eigenvalue weighted by molar-refractivity contribution is 9.10. The summed E-state index contributed by atoms with van der Waals surface area (Å²) in [4.78, 5) is 0. The lowest BCUT2D eigenvalue weighted by atomic mass is 10.1. The first kappa shape index (κ1) is 14.7. The second-order valence-electron chi connectivity index (χ2n) is 3.83. The Hall–Kier alpha value is -0.350. The van der Waals surface area contributed by atoms with Gasteiger partial charge in [0.05, 0.1) is 11.6 Å². The van der Waals surface area contributed by atoms with Gasteiger partial charge in [-0.1, -0.05) is 29.3 Å². The third-order valence-electron chi connectivity index (χ3n) is 2.24. The molecule has 0 saturated carbocycles. The standard InChI is InChI=1S/C13H17BrClNO/c1-10(9-16-5-6-17-2)7-11-3-4-13(15)12(14)8-11/h3-4,7-8,16H,5-6,9H2,1-2H3/b10-7+. The molecule has 17 heavy (non-hydrogen) atoms. The van der Waals surface area contributed by atoms with E-state index in [1.165, 1.54) is 5.57 Å². The van der Waals surface area contributed by atoms with Crippen molar-refractivity contribution < 1.29 is 4.74 Å². The predicted molar refractivity (Wildman–Crippen MR) is 77.5 cm³/mol. The Morgan fingerprint density at radius 2 is 2.29 bits per heavy atom. The summed E-state index contributed by atoms with van der Waals surface area (Å²) in [5, 5.41) is 4.04. The van der Waals surface area contributed by atoms with E-state index in [0.29, 0.717) is 0 Å². The van der Waals surface area contributed by atoms with Crippen LogP contribution in [0.2, 0.25) is 5.02 Å². The molecule has 1 rings (SSSR count). The quantitative estimate of drug-likeness (QED) is 0.807. The third-order valence-corrected chi connectivity index (χ3v) is 3.46. The number of halogens is 2. The van der Waals surface area contributed by atoms with E-state index in [1.54, 1.807) is 7.11 Å². The van der Waals surface area contributed by atoms with Crippen molar-refractivity contribution in [3.63, 3.8) is 0 Å². The number of nitrogens with one attached hydrogen (secondary N) is 1. The number of methoxy groups -OCH3 is 1. The Morgan fingerprint density at radius 3 is 2.94 bits per heavy atom. The lowest BCUT2D eigenvalue weighted by Gasteiger charge is -2.05. The first-order valence-electron chi connectivity index (χ1n) is 5.45. The number of hydrogen-bond donors (Lipinski definition) is 1. The molecule has 94 valence electrons. The average molecular weight is 319 g/mol. The van der Waals surface area contributed by atoms with Crippen LogP contribution in [-0.4, -0.2) is 26.8 Å². The van der Waals surface area contributed by atoms with Crippen LogP contribution in [0.1, 0.15) is 12.5 Å². The second kappa shape index (κ2) is 7.88. The lowest BCUT2D eigenvalue weighted by Crippen LogP contribution is -2.20. The van der Waals surface area contributed by atoms with Crippen molar-refractivity contribution in [1.29, 1.82) is 0 Å². The van der Waals surface area contributed by atoms with Gasteiger partial charge in [-0.05, 0) is 40.5 Å². The molecule has 0 fully saturated rings. The van der Waals surface area contributed by atoms with Crippen molar-refractivity contribution in [2.75, 3.05) is 26.8 Å². The van der Waals surface area contributed by atoms with E-state index in [0.717, 1.165) is 34.8 Å². The summed E-state index contributed by atoms with van der Waals surface area (Å²) in [7, 11) is 1.70. The molecule has 0 aromatic heterocycles. The highest BCUT2D eigenvalue weighted by atomic mass is 79.9. The van der Waals surface area contributed by atoms with Crippen LogP contribution in [-0.2, 0) is 4.74 Å². The van der Waals surface area contributed by atoms with Gasteiger partial charge in [-0.25, -0.2) is 0 Å². The monoisotopic (exact) mass is 317 g/mol. The maximum atomic E-state index is 5.94. The second-order valence-corrected chi connectivity index (χ2v) is 5.10. The number of ether oxygens (including phenoxy) is 1. The van der Waals surface area contributed by atoms with E-state index >= 15 is 0 Å². The molecule has 4 heteroatoms. The molecule has 1 aromatic rings. The Morgan fingerprint density at radius 1 is 1.53 bits per heavy atom. The summed E-state index contributed by atoms with van der Waals surface area (Å²) in [6.07, 6.45) is 2.14. The van der Waals surface area contributed by atoms with Gasteiger partial charge < -0.3 is 10.1 Å². The summed E-state index contributed by atoms with van der Waals surface area (Å²) in [6, 6.07) is 5.91. The van der Waals surface area contributed by atoms with Gasteiger partial charge in [0.25, 0.3) is 0 Å². The molecule has 1 aromatic carbocycles. The molecule has 0 bridgehead atoms. The normalized spacial score (nSPS) is 11.9. The molecule has 0 saturated heterocycles. The lowest BCUT2D eigenvalue weighted by molar-refractivity contribution is 0.200. The van der Waals surface area contributed by atoms with E-state index in [2.05, 4.69) is 34.2 Å². The van der Waals surface area contributed by atoms with Gasteiger partial charge in [-0.2, -0.15) is 0 Å². The Labute approximate surface area is 116 Å². The summed E-state index contributed by atoms with van der Waals surface area (Å²) in [5.41, 5.74) is 2.42. The van der Waals surface area contributed by atoms with Crippen LogP contribution in [0.4, 0.5) is 0 Å². The van der Waals surface area contributed by atoms with Crippen LogP contribution in [0.25, 0.3) is 6.08 Å². The van der Waals surface area contributed by atoms with Crippen LogP contribution >= 0.6 is 27.5 Å². The van der Waals surface area contributed by atoms with Gasteiger partial charge >= 0.3 is 0 Å². The molecule has 0 atom stereocenters. The van der Waals surface area contributed by atoms with Gasteiger partial charge in [0.2, 0.25) is 0 Å². The van der Waals surface area contributed by atoms with Gasteiger partial charge in [0.1, 0.15) is 0 Å². The SMILES string of the molecule is COCCNC/C(C)=C/c1ccc(Cl)c(Br)c1. The molecule has 0 aliphatic carbocycles. The zero-order valence-electron chi connectivity index (χ0n) is 10.1. The van der Waals surface area contributed by atoms with Crippen LogP contribution in [0.15, 0.2) is 28.2 Å². The third kappa shape index (κ3) is 5.68. The van der Waals surface area contributed by atoms with E-state index in [9.17, 15) is 0 Å². The minimum Gasteiger partial charge on any atom is -0.383 e. The van der Waals surface area contributed by atoms with Crippen LogP contribution in [0.3, 0.4) is 0 Å². The Bertz CT molecular complexity index is 393. The minimum absolute atomic E-state index is 0.734. The van der Waals surface area contributed by atoms with Crippen molar-refractivity contribution >= 4 is 33.6 Å². The van der Waals surface area contributed by atoms with Crippen LogP contribution < -0.4 is 5.32 Å². The predicted octanol–water partition coefficient (Wildman–Crippen LogP) is 3.74. The molecule has 0 spiro atoms. The minimum atomic E-state index is 0.734. The zero-order chi connectivity index (χ0) is 12.7. The van der Waals surface area contributed by atoms with Gasteiger partial charge in [0, 0.05) is 24.7 Å². The van der Waals surface area contributed by atoms with Crippen molar-refractivity contribution in [2.24, 2.45) is 0 Å². The van der Waals surface area contributed by atoms with Gasteiger partial charge in [-0.3, -0.25) is 0 Å². The molecule has 0 amide bonds. The fraction of sp³-hybridized carbons (Fsp3) is 0.385. The number of hydrogen-bond acceptors (Lipinski definition) is 2. The van der Waals surface area contributed by atoms with Crippen molar-refractivity contribution in [3.05, 3.63) is 38.8 Å². The summed E-state index contributed by atoms with van der Waals surface area (Å²) in [5.74, 6) is 0. The number of benzene rings is 1. The van der Waals surface area contributed by atoms with E-state index < -0.39 is 0 Å². The van der Waals surface area contributed by atoms with Crippen molar-refractivity contribution in [3.8, 4) is 0 Å². The summed E-state index contributed by atoms with van der Waals surface area (Å²) in [6.45, 7) is 4.57. The molecule has 0 unspecified atom stereocenters. The number of rotatable bonds is 6. The van der Waals surface area contributed by atoms with Crippen molar-refractivity contribution in [2.45, 2.75) is 6.92 Å². The highest BCUT2D eigenvalue weighted by Gasteiger charge is 1.97. The Balaban J connectivity index is 2.52. The largest absolute Gasteiger partial charge is 0.383 e. The molecule has 0 aliphatic rings.